The quantitative estimate of drug-likeness (QED) is 0.541. The molecule has 0 fully saturated rings. The van der Waals surface area contributed by atoms with Gasteiger partial charge in [-0.25, -0.2) is 4.98 Å². The first kappa shape index (κ1) is 15.9. The van der Waals surface area contributed by atoms with Gasteiger partial charge in [0.25, 0.3) is 5.56 Å². The number of hydrogen-bond donors (Lipinski definition) is 0. The van der Waals surface area contributed by atoms with Gasteiger partial charge >= 0.3 is 0 Å². The van der Waals surface area contributed by atoms with Crippen LogP contribution in [0.15, 0.2) is 64.2 Å². The van der Waals surface area contributed by atoms with Gasteiger partial charge in [0, 0.05) is 35.1 Å². The molecule has 1 aliphatic rings. The Kier molecular flexibility index (Phi) is 3.96. The highest BCUT2D eigenvalue weighted by Gasteiger charge is 2.30. The molecule has 1 atom stereocenters. The Morgan fingerprint density at radius 2 is 2.08 bits per heavy atom. The van der Waals surface area contributed by atoms with Crippen LogP contribution in [0.4, 0.5) is 0 Å². The lowest BCUT2D eigenvalue weighted by Crippen LogP contribution is -2.35. The monoisotopic (exact) mass is 379 g/mol. The molecule has 4 nitrogen and oxygen atoms in total. The molecule has 4 aromatic rings. The molecule has 5 rings (SSSR count). The molecule has 0 N–H and O–H groups in total. The van der Waals surface area contributed by atoms with Crippen LogP contribution in [-0.4, -0.2) is 20.8 Å². The van der Waals surface area contributed by atoms with Crippen LogP contribution >= 0.6 is 22.7 Å². The van der Waals surface area contributed by atoms with Gasteiger partial charge in [0.05, 0.1) is 11.7 Å². The molecule has 26 heavy (non-hydrogen) atoms. The Hall–Kier alpha value is -2.28. The van der Waals surface area contributed by atoms with E-state index in [-0.39, 0.29) is 11.6 Å². The lowest BCUT2D eigenvalue weighted by atomic mass is 9.98. The maximum atomic E-state index is 12.4. The van der Waals surface area contributed by atoms with Crippen molar-refractivity contribution in [2.45, 2.75) is 19.0 Å². The summed E-state index contributed by atoms with van der Waals surface area (Å²) in [6.07, 6.45) is 2.82. The summed E-state index contributed by atoms with van der Waals surface area (Å²) < 4.78 is 1.59. The van der Waals surface area contributed by atoms with Crippen molar-refractivity contribution >= 4 is 28.3 Å². The fourth-order valence-electron chi connectivity index (χ4n) is 3.71. The lowest BCUT2D eigenvalue weighted by Gasteiger charge is -2.35. The molecule has 5 heterocycles. The zero-order valence-corrected chi connectivity index (χ0v) is 15.7. The SMILES string of the molecule is O=c1cc(CN2CCc3sccc3C2c2cccs2)nc2ccccn12. The summed E-state index contributed by atoms with van der Waals surface area (Å²) in [7, 11) is 0. The Morgan fingerprint density at radius 3 is 2.96 bits per heavy atom. The largest absolute Gasteiger partial charge is 0.285 e. The predicted octanol–water partition coefficient (Wildman–Crippen LogP) is 3.97. The molecular weight excluding hydrogens is 362 g/mol. The fourth-order valence-corrected chi connectivity index (χ4v) is 5.49. The molecule has 1 aliphatic heterocycles. The van der Waals surface area contributed by atoms with E-state index in [1.54, 1.807) is 28.0 Å². The van der Waals surface area contributed by atoms with Gasteiger partial charge in [0.2, 0.25) is 0 Å². The van der Waals surface area contributed by atoms with Crippen LogP contribution in [0.25, 0.3) is 5.65 Å². The number of nitrogens with zero attached hydrogens (tertiary/aromatic N) is 3. The van der Waals surface area contributed by atoms with E-state index in [9.17, 15) is 4.79 Å². The summed E-state index contributed by atoms with van der Waals surface area (Å²) in [5.74, 6) is 0. The van der Waals surface area contributed by atoms with E-state index < -0.39 is 0 Å². The molecule has 0 bridgehead atoms. The maximum absolute atomic E-state index is 12.4. The second kappa shape index (κ2) is 6.46. The molecule has 0 spiro atoms. The summed E-state index contributed by atoms with van der Waals surface area (Å²) in [6.45, 7) is 1.66. The highest BCUT2D eigenvalue weighted by atomic mass is 32.1. The van der Waals surface area contributed by atoms with E-state index in [2.05, 4.69) is 33.9 Å². The van der Waals surface area contributed by atoms with Crippen LogP contribution in [0.3, 0.4) is 0 Å². The molecule has 0 amide bonds. The van der Waals surface area contributed by atoms with Crippen molar-refractivity contribution in [2.24, 2.45) is 0 Å². The lowest BCUT2D eigenvalue weighted by molar-refractivity contribution is 0.206. The van der Waals surface area contributed by atoms with Crippen molar-refractivity contribution in [1.29, 1.82) is 0 Å². The first-order chi connectivity index (χ1) is 12.8. The van der Waals surface area contributed by atoms with Crippen LogP contribution in [0.1, 0.15) is 27.1 Å². The maximum Gasteiger partial charge on any atom is 0.258 e. The first-order valence-corrected chi connectivity index (χ1v) is 10.4. The van der Waals surface area contributed by atoms with E-state index in [0.29, 0.717) is 12.2 Å². The van der Waals surface area contributed by atoms with Gasteiger partial charge in [-0.1, -0.05) is 12.1 Å². The van der Waals surface area contributed by atoms with Gasteiger partial charge in [0.15, 0.2) is 0 Å². The van der Waals surface area contributed by atoms with Crippen molar-refractivity contribution in [3.63, 3.8) is 0 Å². The van der Waals surface area contributed by atoms with Gasteiger partial charge in [-0.15, -0.1) is 22.7 Å². The Morgan fingerprint density at radius 1 is 1.12 bits per heavy atom. The molecule has 0 saturated carbocycles. The van der Waals surface area contributed by atoms with Crippen molar-refractivity contribution in [1.82, 2.24) is 14.3 Å². The molecule has 6 heteroatoms. The van der Waals surface area contributed by atoms with Gasteiger partial charge in [-0.2, -0.15) is 0 Å². The molecule has 0 radical (unpaired) electrons. The minimum Gasteiger partial charge on any atom is -0.285 e. The smallest absolute Gasteiger partial charge is 0.258 e. The van der Waals surface area contributed by atoms with Crippen LogP contribution in [0.2, 0.25) is 0 Å². The van der Waals surface area contributed by atoms with Gasteiger partial charge in [-0.05, 0) is 47.0 Å². The Labute approximate surface area is 159 Å². The Balaban J connectivity index is 1.54. The Bertz CT molecular complexity index is 1110. The first-order valence-electron chi connectivity index (χ1n) is 8.60. The normalized spacial score (nSPS) is 17.5. The van der Waals surface area contributed by atoms with Crippen LogP contribution in [0.5, 0.6) is 0 Å². The average molecular weight is 380 g/mol. The third-order valence-corrected chi connectivity index (χ3v) is 6.79. The van der Waals surface area contributed by atoms with E-state index in [1.807, 2.05) is 29.5 Å². The third-order valence-electron chi connectivity index (χ3n) is 4.87. The van der Waals surface area contributed by atoms with E-state index in [4.69, 9.17) is 4.98 Å². The van der Waals surface area contributed by atoms with Crippen molar-refractivity contribution < 1.29 is 0 Å². The molecular formula is C20H17N3OS2. The van der Waals surface area contributed by atoms with Gasteiger partial charge < -0.3 is 0 Å². The minimum atomic E-state index is -0.0218. The number of rotatable bonds is 3. The predicted molar refractivity (Wildman–Crippen MR) is 106 cm³/mol. The van der Waals surface area contributed by atoms with Crippen LogP contribution in [0, 0.1) is 0 Å². The number of hydrogen-bond acceptors (Lipinski definition) is 5. The molecule has 4 aromatic heterocycles. The highest BCUT2D eigenvalue weighted by Crippen LogP contribution is 2.39. The zero-order chi connectivity index (χ0) is 17.5. The minimum absolute atomic E-state index is 0.0218. The fraction of sp³-hybridized carbons (Fsp3) is 0.200. The second-order valence-electron chi connectivity index (χ2n) is 6.45. The van der Waals surface area contributed by atoms with Crippen LogP contribution < -0.4 is 5.56 Å². The number of pyridine rings is 1. The highest BCUT2D eigenvalue weighted by molar-refractivity contribution is 7.10. The number of aromatic nitrogens is 2. The molecule has 0 aromatic carbocycles. The number of thiophene rings is 2. The summed E-state index contributed by atoms with van der Waals surface area (Å²) in [5, 5.41) is 4.32. The summed E-state index contributed by atoms with van der Waals surface area (Å²) in [5.41, 5.74) is 2.92. The average Bonchev–Trinajstić information content (AvgIpc) is 3.33. The zero-order valence-electron chi connectivity index (χ0n) is 14.0. The molecule has 0 saturated heterocycles. The summed E-state index contributed by atoms with van der Waals surface area (Å²) in [6, 6.07) is 14.1. The van der Waals surface area contributed by atoms with Gasteiger partial charge in [-0.3, -0.25) is 14.1 Å². The number of fused-ring (bicyclic) bond motifs is 2. The topological polar surface area (TPSA) is 37.6 Å². The van der Waals surface area contributed by atoms with Crippen molar-refractivity contribution in [3.8, 4) is 0 Å². The molecule has 0 aliphatic carbocycles. The third kappa shape index (κ3) is 2.70. The van der Waals surface area contributed by atoms with Crippen LogP contribution in [-0.2, 0) is 13.0 Å². The van der Waals surface area contributed by atoms with Crippen molar-refractivity contribution in [3.05, 3.63) is 90.8 Å². The van der Waals surface area contributed by atoms with E-state index in [1.165, 1.54) is 15.3 Å². The van der Waals surface area contributed by atoms with E-state index >= 15 is 0 Å². The van der Waals surface area contributed by atoms with Gasteiger partial charge in [0.1, 0.15) is 5.65 Å². The van der Waals surface area contributed by atoms with Crippen molar-refractivity contribution in [2.75, 3.05) is 6.54 Å². The summed E-state index contributed by atoms with van der Waals surface area (Å²) in [4.78, 5) is 22.4. The second-order valence-corrected chi connectivity index (χ2v) is 8.43. The molecule has 130 valence electrons. The molecule has 1 unspecified atom stereocenters. The summed E-state index contributed by atoms with van der Waals surface area (Å²) >= 11 is 3.64. The van der Waals surface area contributed by atoms with E-state index in [0.717, 1.165) is 18.7 Å². The standard InChI is InChI=1S/C20H17N3OS2/c24-19-12-14(21-18-5-1-2-8-23(18)19)13-22-9-6-16-15(7-11-26-16)20(22)17-4-3-10-25-17/h1-5,7-8,10-12,20H,6,9,13H2.